The maximum Gasteiger partial charge on any atom is 0.325 e. The molecule has 2 aromatic carbocycles. The van der Waals surface area contributed by atoms with Crippen LogP contribution in [-0.4, -0.2) is 21.5 Å². The van der Waals surface area contributed by atoms with E-state index in [1.807, 2.05) is 23.6 Å². The zero-order valence-electron chi connectivity index (χ0n) is 15.1. The van der Waals surface area contributed by atoms with E-state index in [-0.39, 0.29) is 12.5 Å². The van der Waals surface area contributed by atoms with Crippen LogP contribution >= 0.6 is 11.5 Å². The van der Waals surface area contributed by atoms with Crippen LogP contribution in [0.25, 0.3) is 32.2 Å². The Kier molecular flexibility index (Phi) is 4.24. The second-order valence-corrected chi connectivity index (χ2v) is 7.20. The Morgan fingerprint density at radius 3 is 2.77 bits per heavy atom. The highest BCUT2D eigenvalue weighted by molar-refractivity contribution is 7.13. The molecule has 2 heterocycles. The lowest BCUT2D eigenvalue weighted by molar-refractivity contribution is -0.143. The molecule has 4 aromatic rings. The van der Waals surface area contributed by atoms with Gasteiger partial charge in [-0.05, 0) is 50.5 Å². The maximum absolute atomic E-state index is 12.1. The number of ether oxygens (including phenoxy) is 1. The Morgan fingerprint density at radius 2 is 1.96 bits per heavy atom. The second-order valence-electron chi connectivity index (χ2n) is 6.40. The van der Waals surface area contributed by atoms with E-state index in [9.17, 15) is 4.79 Å². The molecule has 4 rings (SSSR count). The lowest BCUT2D eigenvalue weighted by atomic mass is 10.0. The average Bonchev–Trinajstić information content (AvgIpc) is 3.15. The van der Waals surface area contributed by atoms with Gasteiger partial charge in [0.25, 0.3) is 0 Å². The highest BCUT2D eigenvalue weighted by Gasteiger charge is 2.21. The van der Waals surface area contributed by atoms with E-state index < -0.39 is 0 Å². The molecule has 0 fully saturated rings. The summed E-state index contributed by atoms with van der Waals surface area (Å²) in [5.74, 6) is -0.220. The summed E-state index contributed by atoms with van der Waals surface area (Å²) in [4.78, 5) is 12.1. The molecule has 26 heavy (non-hydrogen) atoms. The predicted molar refractivity (Wildman–Crippen MR) is 107 cm³/mol. The Morgan fingerprint density at radius 1 is 1.15 bits per heavy atom. The number of carbonyl (C=O) groups excluding carboxylic acids is 1. The molecule has 2 aromatic heterocycles. The van der Waals surface area contributed by atoms with Crippen molar-refractivity contribution >= 4 is 38.5 Å². The van der Waals surface area contributed by atoms with Gasteiger partial charge >= 0.3 is 5.97 Å². The summed E-state index contributed by atoms with van der Waals surface area (Å²) in [6.45, 7) is 6.56. The molecule has 5 heteroatoms. The quantitative estimate of drug-likeness (QED) is 0.473. The van der Waals surface area contributed by atoms with Gasteiger partial charge in [-0.2, -0.15) is 4.37 Å². The van der Waals surface area contributed by atoms with Gasteiger partial charge in [0, 0.05) is 27.5 Å². The van der Waals surface area contributed by atoms with Crippen LogP contribution in [0.1, 0.15) is 18.2 Å². The molecular formula is C21H20N2O2S. The topological polar surface area (TPSA) is 44.1 Å². The van der Waals surface area contributed by atoms with E-state index in [0.717, 1.165) is 33.2 Å². The number of fused-ring (bicyclic) bond motifs is 2. The molecule has 0 saturated carbocycles. The van der Waals surface area contributed by atoms with Gasteiger partial charge in [0.2, 0.25) is 0 Å². The predicted octanol–water partition coefficient (Wildman–Crippen LogP) is 5.10. The lowest BCUT2D eigenvalue weighted by Gasteiger charge is -2.08. The summed E-state index contributed by atoms with van der Waals surface area (Å²) < 4.78 is 13.1. The summed E-state index contributed by atoms with van der Waals surface area (Å²) in [5, 5.41) is 2.28. The van der Waals surface area contributed by atoms with Crippen molar-refractivity contribution in [2.75, 3.05) is 6.61 Å². The first kappa shape index (κ1) is 16.8. The van der Waals surface area contributed by atoms with E-state index in [1.54, 1.807) is 0 Å². The van der Waals surface area contributed by atoms with Gasteiger partial charge in [-0.15, -0.1) is 0 Å². The molecule has 0 aliphatic rings. The summed E-state index contributed by atoms with van der Waals surface area (Å²) >= 11 is 1.51. The first-order valence-electron chi connectivity index (χ1n) is 8.70. The molecule has 0 spiro atoms. The minimum absolute atomic E-state index is 0.210. The number of aromatic nitrogens is 2. The van der Waals surface area contributed by atoms with Gasteiger partial charge in [0.15, 0.2) is 0 Å². The van der Waals surface area contributed by atoms with Crippen molar-refractivity contribution in [2.24, 2.45) is 0 Å². The fourth-order valence-corrected chi connectivity index (χ4v) is 4.28. The van der Waals surface area contributed by atoms with Gasteiger partial charge in [0.1, 0.15) is 6.54 Å². The monoisotopic (exact) mass is 364 g/mol. The second kappa shape index (κ2) is 6.57. The Labute approximate surface area is 156 Å². The highest BCUT2D eigenvalue weighted by atomic mass is 32.1. The van der Waals surface area contributed by atoms with Crippen LogP contribution in [0.4, 0.5) is 0 Å². The molecule has 0 unspecified atom stereocenters. The minimum atomic E-state index is -0.220. The SMILES string of the molecule is CCOC(=O)Cn1c(C)c(-c2nsc3ccccc23)c2cc(C)ccc21. The Bertz CT molecular complexity index is 1120. The normalized spacial score (nSPS) is 11.3. The van der Waals surface area contributed by atoms with Crippen molar-refractivity contribution in [3.05, 3.63) is 53.7 Å². The van der Waals surface area contributed by atoms with Crippen molar-refractivity contribution in [1.82, 2.24) is 8.94 Å². The van der Waals surface area contributed by atoms with Crippen molar-refractivity contribution in [3.63, 3.8) is 0 Å². The molecule has 0 radical (unpaired) electrons. The number of nitrogens with zero attached hydrogens (tertiary/aromatic N) is 2. The van der Waals surface area contributed by atoms with E-state index in [4.69, 9.17) is 9.11 Å². The number of carbonyl (C=O) groups is 1. The van der Waals surface area contributed by atoms with Crippen LogP contribution in [0.5, 0.6) is 0 Å². The molecule has 0 aliphatic heterocycles. The standard InChI is InChI=1S/C21H20N2O2S/c1-4-25-19(24)12-23-14(3)20(16-11-13(2)9-10-17(16)23)21-15-7-5-6-8-18(15)26-22-21/h5-11H,4,12H2,1-3H3. The zero-order chi connectivity index (χ0) is 18.3. The summed E-state index contributed by atoms with van der Waals surface area (Å²) in [6, 6.07) is 14.6. The summed E-state index contributed by atoms with van der Waals surface area (Å²) in [6.07, 6.45) is 0. The smallest absolute Gasteiger partial charge is 0.325 e. The van der Waals surface area contributed by atoms with Crippen molar-refractivity contribution in [1.29, 1.82) is 0 Å². The molecule has 0 aliphatic carbocycles. The van der Waals surface area contributed by atoms with E-state index in [1.165, 1.54) is 21.8 Å². The van der Waals surface area contributed by atoms with Crippen LogP contribution < -0.4 is 0 Å². The fourth-order valence-electron chi connectivity index (χ4n) is 3.50. The Balaban J connectivity index is 1.98. The number of aryl methyl sites for hydroxylation is 1. The molecule has 0 bridgehead atoms. The lowest BCUT2D eigenvalue weighted by Crippen LogP contribution is -2.14. The molecule has 132 valence electrons. The average molecular weight is 364 g/mol. The third-order valence-corrected chi connectivity index (χ3v) is 5.51. The third kappa shape index (κ3) is 2.69. The fraction of sp³-hybridized carbons (Fsp3) is 0.238. The van der Waals surface area contributed by atoms with Gasteiger partial charge in [0.05, 0.1) is 17.0 Å². The van der Waals surface area contributed by atoms with Crippen LogP contribution in [-0.2, 0) is 16.1 Å². The Hall–Kier alpha value is -2.66. The number of hydrogen-bond acceptors (Lipinski definition) is 4. The molecule has 0 atom stereocenters. The maximum atomic E-state index is 12.1. The zero-order valence-corrected chi connectivity index (χ0v) is 15.9. The van der Waals surface area contributed by atoms with Crippen molar-refractivity contribution in [2.45, 2.75) is 27.3 Å². The first-order chi connectivity index (χ1) is 12.6. The van der Waals surface area contributed by atoms with Gasteiger partial charge in [-0.3, -0.25) is 4.79 Å². The molecule has 4 nitrogen and oxygen atoms in total. The van der Waals surface area contributed by atoms with Gasteiger partial charge in [-0.25, -0.2) is 0 Å². The first-order valence-corrected chi connectivity index (χ1v) is 9.47. The van der Waals surface area contributed by atoms with E-state index >= 15 is 0 Å². The van der Waals surface area contributed by atoms with Gasteiger partial charge < -0.3 is 9.30 Å². The summed E-state index contributed by atoms with van der Waals surface area (Å²) in [7, 11) is 0. The number of esters is 1. The van der Waals surface area contributed by atoms with Gasteiger partial charge in [-0.1, -0.05) is 29.8 Å². The van der Waals surface area contributed by atoms with Crippen molar-refractivity contribution < 1.29 is 9.53 Å². The van der Waals surface area contributed by atoms with E-state index in [2.05, 4.69) is 44.2 Å². The molecule has 0 amide bonds. The molecular weight excluding hydrogens is 344 g/mol. The number of benzene rings is 2. The van der Waals surface area contributed by atoms with Crippen molar-refractivity contribution in [3.8, 4) is 11.3 Å². The third-order valence-electron chi connectivity index (χ3n) is 4.69. The number of rotatable bonds is 4. The largest absolute Gasteiger partial charge is 0.465 e. The molecule has 0 saturated heterocycles. The minimum Gasteiger partial charge on any atom is -0.465 e. The molecule has 0 N–H and O–H groups in total. The van der Waals surface area contributed by atoms with Crippen LogP contribution in [0.2, 0.25) is 0 Å². The highest BCUT2D eigenvalue weighted by Crippen LogP contribution is 2.39. The number of hydrogen-bond donors (Lipinski definition) is 0. The van der Waals surface area contributed by atoms with Crippen LogP contribution in [0.3, 0.4) is 0 Å². The van der Waals surface area contributed by atoms with Crippen LogP contribution in [0.15, 0.2) is 42.5 Å². The van der Waals surface area contributed by atoms with Crippen LogP contribution in [0, 0.1) is 13.8 Å². The summed E-state index contributed by atoms with van der Waals surface area (Å²) in [5.41, 5.74) is 5.35. The van der Waals surface area contributed by atoms with E-state index in [0.29, 0.717) is 6.61 Å².